The Morgan fingerprint density at radius 3 is 2.77 bits per heavy atom. The van der Waals surface area contributed by atoms with Gasteiger partial charge < -0.3 is 4.74 Å². The van der Waals surface area contributed by atoms with Crippen LogP contribution in [0.2, 0.25) is 0 Å². The molecular formula is C17H18N2O3. The van der Waals surface area contributed by atoms with E-state index >= 15 is 0 Å². The van der Waals surface area contributed by atoms with Crippen LogP contribution in [-0.4, -0.2) is 15.4 Å². The quantitative estimate of drug-likeness (QED) is 0.759. The van der Waals surface area contributed by atoms with E-state index in [1.807, 2.05) is 12.1 Å². The fourth-order valence-electron chi connectivity index (χ4n) is 3.85. The Bertz CT molecular complexity index is 790. The zero-order valence-corrected chi connectivity index (χ0v) is 12.3. The molecule has 0 bridgehead atoms. The molecule has 1 saturated carbocycles. The van der Waals surface area contributed by atoms with Gasteiger partial charge in [-0.1, -0.05) is 25.3 Å². The van der Waals surface area contributed by atoms with Gasteiger partial charge in [0.1, 0.15) is 5.65 Å². The van der Waals surface area contributed by atoms with E-state index < -0.39 is 0 Å². The summed E-state index contributed by atoms with van der Waals surface area (Å²) in [6, 6.07) is 5.38. The molecule has 0 amide bonds. The highest BCUT2D eigenvalue weighted by Gasteiger charge is 2.37. The Morgan fingerprint density at radius 2 is 1.95 bits per heavy atom. The van der Waals surface area contributed by atoms with Gasteiger partial charge in [-0.3, -0.25) is 14.0 Å². The van der Waals surface area contributed by atoms with Gasteiger partial charge in [-0.15, -0.1) is 0 Å². The van der Waals surface area contributed by atoms with Gasteiger partial charge in [-0.25, -0.2) is 0 Å². The fourth-order valence-corrected chi connectivity index (χ4v) is 3.85. The summed E-state index contributed by atoms with van der Waals surface area (Å²) < 4.78 is 6.83. The number of rotatable bonds is 1. The number of carbonyl (C=O) groups excluding carboxylic acids is 1. The molecule has 1 aliphatic heterocycles. The maximum atomic E-state index is 12.9. The van der Waals surface area contributed by atoms with Crippen LogP contribution in [0.1, 0.15) is 50.0 Å². The van der Waals surface area contributed by atoms with Gasteiger partial charge in [-0.2, -0.15) is 4.98 Å². The third kappa shape index (κ3) is 2.12. The highest BCUT2D eigenvalue weighted by Crippen LogP contribution is 2.42. The molecule has 2 aromatic heterocycles. The molecule has 5 heteroatoms. The second kappa shape index (κ2) is 5.23. The van der Waals surface area contributed by atoms with Crippen molar-refractivity contribution < 1.29 is 9.53 Å². The number of ether oxygens (including phenoxy) is 1. The Kier molecular flexibility index (Phi) is 3.21. The Balaban J connectivity index is 1.89. The minimum Gasteiger partial charge on any atom is -0.407 e. The number of nitrogens with zero attached hydrogens (tertiary/aromatic N) is 2. The van der Waals surface area contributed by atoms with Gasteiger partial charge in [0.2, 0.25) is 5.88 Å². The van der Waals surface area contributed by atoms with Gasteiger partial charge in [0.05, 0.1) is 12.0 Å². The monoisotopic (exact) mass is 298 g/mol. The van der Waals surface area contributed by atoms with E-state index in [9.17, 15) is 9.59 Å². The van der Waals surface area contributed by atoms with Crippen molar-refractivity contribution in [2.45, 2.75) is 44.4 Å². The predicted molar refractivity (Wildman–Crippen MR) is 81.0 cm³/mol. The lowest BCUT2D eigenvalue weighted by Gasteiger charge is -2.32. The summed E-state index contributed by atoms with van der Waals surface area (Å²) in [5.41, 5.74) is 1.02. The minimum atomic E-state index is -0.268. The normalized spacial score (nSPS) is 22.4. The zero-order chi connectivity index (χ0) is 15.1. The topological polar surface area (TPSA) is 60.7 Å². The molecule has 4 rings (SSSR count). The van der Waals surface area contributed by atoms with Crippen LogP contribution in [0.15, 0.2) is 29.2 Å². The number of fused-ring (bicyclic) bond motifs is 2. The lowest BCUT2D eigenvalue weighted by molar-refractivity contribution is -0.136. The SMILES string of the molecule is O=C1C[C@H](C2CCCCC2)c2c(nc3ccccn3c2=O)O1. The van der Waals surface area contributed by atoms with Crippen LogP contribution in [0.5, 0.6) is 5.88 Å². The Hall–Kier alpha value is -2.17. The van der Waals surface area contributed by atoms with Gasteiger partial charge in [-0.05, 0) is 30.9 Å². The molecule has 2 aliphatic rings. The lowest BCUT2D eigenvalue weighted by Crippen LogP contribution is -2.34. The maximum absolute atomic E-state index is 12.9. The van der Waals surface area contributed by atoms with E-state index in [-0.39, 0.29) is 23.3 Å². The molecule has 1 fully saturated rings. The number of hydrogen-bond donors (Lipinski definition) is 0. The Labute approximate surface area is 127 Å². The highest BCUT2D eigenvalue weighted by molar-refractivity contribution is 5.76. The van der Waals surface area contributed by atoms with Crippen LogP contribution < -0.4 is 10.3 Å². The van der Waals surface area contributed by atoms with E-state index in [0.29, 0.717) is 23.5 Å². The summed E-state index contributed by atoms with van der Waals surface area (Å²) in [4.78, 5) is 29.2. The van der Waals surface area contributed by atoms with Gasteiger partial charge >= 0.3 is 5.97 Å². The summed E-state index contributed by atoms with van der Waals surface area (Å²) in [6.07, 6.45) is 7.77. The average Bonchev–Trinajstić information content (AvgIpc) is 2.55. The first-order valence-electron chi connectivity index (χ1n) is 7.96. The number of pyridine rings is 1. The van der Waals surface area contributed by atoms with Crippen molar-refractivity contribution in [3.8, 4) is 5.88 Å². The zero-order valence-electron chi connectivity index (χ0n) is 12.3. The first-order valence-corrected chi connectivity index (χ1v) is 7.96. The van der Waals surface area contributed by atoms with Crippen LogP contribution in [-0.2, 0) is 4.79 Å². The molecule has 0 radical (unpaired) electrons. The van der Waals surface area contributed by atoms with Crippen molar-refractivity contribution in [1.29, 1.82) is 0 Å². The molecule has 114 valence electrons. The van der Waals surface area contributed by atoms with E-state index in [0.717, 1.165) is 12.8 Å². The standard InChI is InChI=1S/C17H18N2O3/c20-14-10-12(11-6-2-1-3-7-11)15-16(22-14)18-13-8-4-5-9-19(13)17(15)21/h4-5,8-9,11-12H,1-3,6-7,10H2/t12-/m1/s1. The number of esters is 1. The van der Waals surface area contributed by atoms with Crippen LogP contribution in [0.25, 0.3) is 5.65 Å². The third-order valence-electron chi connectivity index (χ3n) is 4.92. The van der Waals surface area contributed by atoms with Crippen molar-refractivity contribution in [2.75, 3.05) is 0 Å². The lowest BCUT2D eigenvalue weighted by atomic mass is 9.75. The summed E-state index contributed by atoms with van der Waals surface area (Å²) in [7, 11) is 0. The predicted octanol–water partition coefficient (Wildman–Crippen LogP) is 2.67. The molecule has 1 atom stereocenters. The van der Waals surface area contributed by atoms with E-state index in [4.69, 9.17) is 4.74 Å². The molecule has 2 aromatic rings. The molecule has 0 N–H and O–H groups in total. The molecule has 0 saturated heterocycles. The second-order valence-corrected chi connectivity index (χ2v) is 6.25. The van der Waals surface area contributed by atoms with E-state index in [1.54, 1.807) is 16.7 Å². The fraction of sp³-hybridized carbons (Fsp3) is 0.471. The first-order chi connectivity index (χ1) is 10.7. The van der Waals surface area contributed by atoms with Crippen molar-refractivity contribution in [2.24, 2.45) is 5.92 Å². The summed E-state index contributed by atoms with van der Waals surface area (Å²) in [5.74, 6) is 0.295. The third-order valence-corrected chi connectivity index (χ3v) is 4.92. The van der Waals surface area contributed by atoms with E-state index in [2.05, 4.69) is 4.98 Å². The summed E-state index contributed by atoms with van der Waals surface area (Å²) in [5, 5.41) is 0. The maximum Gasteiger partial charge on any atom is 0.313 e. The molecule has 0 unspecified atom stereocenters. The van der Waals surface area contributed by atoms with Crippen molar-refractivity contribution in [3.05, 3.63) is 40.3 Å². The molecule has 1 aliphatic carbocycles. The van der Waals surface area contributed by atoms with Crippen LogP contribution in [0.4, 0.5) is 0 Å². The van der Waals surface area contributed by atoms with Crippen molar-refractivity contribution >= 4 is 11.6 Å². The molecule has 0 aromatic carbocycles. The summed E-state index contributed by atoms with van der Waals surface area (Å²) in [6.45, 7) is 0. The van der Waals surface area contributed by atoms with Gasteiger partial charge in [0.25, 0.3) is 5.56 Å². The molecule has 22 heavy (non-hydrogen) atoms. The molecule has 0 spiro atoms. The molecule has 3 heterocycles. The Morgan fingerprint density at radius 1 is 1.14 bits per heavy atom. The highest BCUT2D eigenvalue weighted by atomic mass is 16.5. The summed E-state index contributed by atoms with van der Waals surface area (Å²) >= 11 is 0. The van der Waals surface area contributed by atoms with Gasteiger partial charge in [0.15, 0.2) is 0 Å². The molecular weight excluding hydrogens is 280 g/mol. The second-order valence-electron chi connectivity index (χ2n) is 6.25. The smallest absolute Gasteiger partial charge is 0.313 e. The minimum absolute atomic E-state index is 0.0475. The van der Waals surface area contributed by atoms with Gasteiger partial charge in [0, 0.05) is 12.1 Å². The van der Waals surface area contributed by atoms with E-state index in [1.165, 1.54) is 19.3 Å². The number of hydrogen-bond acceptors (Lipinski definition) is 4. The largest absolute Gasteiger partial charge is 0.407 e. The first kappa shape index (κ1) is 13.5. The van der Waals surface area contributed by atoms with Crippen LogP contribution >= 0.6 is 0 Å². The van der Waals surface area contributed by atoms with Crippen molar-refractivity contribution in [3.63, 3.8) is 0 Å². The van der Waals surface area contributed by atoms with Crippen molar-refractivity contribution in [1.82, 2.24) is 9.38 Å². The molecule has 5 nitrogen and oxygen atoms in total. The number of aromatic nitrogens is 2. The number of carbonyl (C=O) groups is 1. The van der Waals surface area contributed by atoms with Crippen LogP contribution in [0.3, 0.4) is 0 Å². The average molecular weight is 298 g/mol. The van der Waals surface area contributed by atoms with Crippen LogP contribution in [0, 0.1) is 5.92 Å².